The Labute approximate surface area is 312 Å². The van der Waals surface area contributed by atoms with Crippen molar-refractivity contribution in [3.63, 3.8) is 0 Å². The monoisotopic (exact) mass is 720 g/mol. The molecule has 278 valence electrons. The first kappa shape index (κ1) is 37.1. The van der Waals surface area contributed by atoms with Gasteiger partial charge in [-0.05, 0) is 90.7 Å². The van der Waals surface area contributed by atoms with Gasteiger partial charge >= 0.3 is 0 Å². The summed E-state index contributed by atoms with van der Waals surface area (Å²) in [6, 6.07) is 24.8. The highest BCUT2D eigenvalue weighted by molar-refractivity contribution is 5.72. The highest BCUT2D eigenvalue weighted by Crippen LogP contribution is 2.43. The van der Waals surface area contributed by atoms with Gasteiger partial charge in [0.1, 0.15) is 5.75 Å². The van der Waals surface area contributed by atoms with E-state index in [1.165, 1.54) is 5.56 Å². The minimum Gasteiger partial charge on any atom is -0.497 e. The molecule has 5 aromatic rings. The van der Waals surface area contributed by atoms with Crippen molar-refractivity contribution < 1.29 is 33.2 Å². The lowest BCUT2D eigenvalue weighted by atomic mass is 9.98. The van der Waals surface area contributed by atoms with Crippen LogP contribution in [0.4, 0.5) is 5.69 Å². The summed E-state index contributed by atoms with van der Waals surface area (Å²) in [6.45, 7) is 3.39. The number of piperidine rings is 1. The first-order valence-corrected chi connectivity index (χ1v) is 17.6. The summed E-state index contributed by atoms with van der Waals surface area (Å²) >= 11 is 0. The Morgan fingerprint density at radius 3 is 1.75 bits per heavy atom. The summed E-state index contributed by atoms with van der Waals surface area (Å²) in [5.74, 6) is 4.30. The predicted molar refractivity (Wildman–Crippen MR) is 206 cm³/mol. The quantitative estimate of drug-likeness (QED) is 0.107. The molecule has 11 heteroatoms. The maximum atomic E-state index is 5.68. The molecule has 0 unspecified atom stereocenters. The summed E-state index contributed by atoms with van der Waals surface area (Å²) in [7, 11) is 11.4. The predicted octanol–water partition coefficient (Wildman–Crippen LogP) is 7.54. The van der Waals surface area contributed by atoms with Crippen LogP contribution in [0, 0.1) is 0 Å². The van der Waals surface area contributed by atoms with Crippen molar-refractivity contribution in [1.82, 2.24) is 14.9 Å². The molecule has 1 aliphatic heterocycles. The van der Waals surface area contributed by atoms with Gasteiger partial charge in [0.15, 0.2) is 23.0 Å². The number of likely N-dealkylation sites (tertiary alicyclic amines) is 1. The van der Waals surface area contributed by atoms with Crippen molar-refractivity contribution in [1.29, 1.82) is 0 Å². The zero-order valence-corrected chi connectivity index (χ0v) is 31.5. The molecule has 3 aromatic carbocycles. The maximum absolute atomic E-state index is 5.68. The molecule has 1 aliphatic rings. The van der Waals surface area contributed by atoms with E-state index in [1.807, 2.05) is 54.9 Å². The number of methoxy groups -OCH3 is 7. The maximum Gasteiger partial charge on any atom is 0.203 e. The Bertz CT molecular complexity index is 1930. The molecule has 0 bridgehead atoms. The average molecular weight is 721 g/mol. The molecule has 1 saturated heterocycles. The van der Waals surface area contributed by atoms with Crippen LogP contribution in [-0.4, -0.2) is 83.8 Å². The van der Waals surface area contributed by atoms with E-state index in [1.54, 1.807) is 49.8 Å². The summed E-state index contributed by atoms with van der Waals surface area (Å²) in [5, 5.41) is 0. The van der Waals surface area contributed by atoms with Crippen LogP contribution < -0.4 is 38.1 Å². The molecule has 11 nitrogen and oxygen atoms in total. The zero-order valence-electron chi connectivity index (χ0n) is 31.5. The number of anilines is 1. The highest BCUT2D eigenvalue weighted by atomic mass is 16.5. The highest BCUT2D eigenvalue weighted by Gasteiger charge is 2.27. The number of aromatic nitrogens is 2. The molecule has 0 amide bonds. The van der Waals surface area contributed by atoms with Gasteiger partial charge < -0.3 is 38.1 Å². The van der Waals surface area contributed by atoms with E-state index in [4.69, 9.17) is 38.1 Å². The molecule has 53 heavy (non-hydrogen) atoms. The Morgan fingerprint density at radius 1 is 0.623 bits per heavy atom. The summed E-state index contributed by atoms with van der Waals surface area (Å²) in [6.07, 6.45) is 5.68. The number of pyridine rings is 2. The Morgan fingerprint density at radius 2 is 1.21 bits per heavy atom. The molecule has 3 heterocycles. The molecule has 0 radical (unpaired) electrons. The lowest BCUT2D eigenvalue weighted by Crippen LogP contribution is -2.44. The van der Waals surface area contributed by atoms with Gasteiger partial charge in [0, 0.05) is 61.4 Å². The van der Waals surface area contributed by atoms with Crippen LogP contribution in [0.3, 0.4) is 0 Å². The second-order valence-electron chi connectivity index (χ2n) is 12.7. The van der Waals surface area contributed by atoms with Crippen LogP contribution in [0.1, 0.15) is 24.0 Å². The van der Waals surface area contributed by atoms with E-state index >= 15 is 0 Å². The Balaban J connectivity index is 1.23. The Hall–Kier alpha value is -5.68. The van der Waals surface area contributed by atoms with E-state index in [0.29, 0.717) is 47.1 Å². The van der Waals surface area contributed by atoms with Gasteiger partial charge in [-0.25, -0.2) is 0 Å². The van der Waals surface area contributed by atoms with Gasteiger partial charge in [-0.15, -0.1) is 0 Å². The van der Waals surface area contributed by atoms with Crippen LogP contribution in [0.5, 0.6) is 40.2 Å². The number of rotatable bonds is 15. The fraction of sp³-hybridized carbons (Fsp3) is 0.333. The van der Waals surface area contributed by atoms with E-state index in [-0.39, 0.29) is 0 Å². The number of nitrogens with zero attached hydrogens (tertiary/aromatic N) is 4. The van der Waals surface area contributed by atoms with Crippen molar-refractivity contribution in [2.24, 2.45) is 0 Å². The molecule has 0 atom stereocenters. The zero-order chi connectivity index (χ0) is 37.3. The molecule has 0 N–H and O–H groups in total. The summed E-state index contributed by atoms with van der Waals surface area (Å²) in [4.78, 5) is 14.6. The third-order valence-corrected chi connectivity index (χ3v) is 9.76. The average Bonchev–Trinajstić information content (AvgIpc) is 3.22. The van der Waals surface area contributed by atoms with Crippen molar-refractivity contribution in [3.05, 3.63) is 96.3 Å². The molecule has 6 rings (SSSR count). The fourth-order valence-electron chi connectivity index (χ4n) is 7.04. The van der Waals surface area contributed by atoms with Gasteiger partial charge in [-0.2, -0.15) is 0 Å². The van der Waals surface area contributed by atoms with Gasteiger partial charge in [-0.3, -0.25) is 14.9 Å². The topological polar surface area (TPSA) is 96.9 Å². The number of hydrogen-bond acceptors (Lipinski definition) is 11. The minimum atomic E-state index is 0.305. The molecule has 2 aromatic heterocycles. The largest absolute Gasteiger partial charge is 0.497 e. The van der Waals surface area contributed by atoms with Crippen LogP contribution in [-0.2, 0) is 13.1 Å². The second-order valence-corrected chi connectivity index (χ2v) is 12.7. The van der Waals surface area contributed by atoms with Crippen LogP contribution in [0.15, 0.2) is 85.2 Å². The van der Waals surface area contributed by atoms with Crippen molar-refractivity contribution in [2.45, 2.75) is 32.0 Å². The van der Waals surface area contributed by atoms with Gasteiger partial charge in [0.05, 0.1) is 61.2 Å². The normalized spacial score (nSPS) is 13.3. The van der Waals surface area contributed by atoms with E-state index in [2.05, 4.69) is 45.1 Å². The van der Waals surface area contributed by atoms with Crippen LogP contribution >= 0.6 is 0 Å². The van der Waals surface area contributed by atoms with Crippen molar-refractivity contribution in [3.8, 4) is 62.8 Å². The third-order valence-electron chi connectivity index (χ3n) is 9.76. The lowest BCUT2D eigenvalue weighted by Gasteiger charge is -2.40. The van der Waals surface area contributed by atoms with E-state index in [9.17, 15) is 0 Å². The molecule has 0 saturated carbocycles. The fourth-order valence-corrected chi connectivity index (χ4v) is 7.04. The van der Waals surface area contributed by atoms with Crippen LogP contribution in [0.25, 0.3) is 22.5 Å². The van der Waals surface area contributed by atoms with Gasteiger partial charge in [0.2, 0.25) is 11.5 Å². The number of hydrogen-bond donors (Lipinski definition) is 0. The molecule has 0 spiro atoms. The summed E-state index contributed by atoms with van der Waals surface area (Å²) in [5.41, 5.74) is 6.92. The summed E-state index contributed by atoms with van der Waals surface area (Å²) < 4.78 is 39.1. The van der Waals surface area contributed by atoms with Crippen molar-refractivity contribution >= 4 is 5.69 Å². The number of benzene rings is 3. The molecular formula is C42H48N4O7. The molecule has 0 aliphatic carbocycles. The first-order chi connectivity index (χ1) is 25.9. The van der Waals surface area contributed by atoms with Gasteiger partial charge in [-0.1, -0.05) is 6.07 Å². The van der Waals surface area contributed by atoms with Crippen molar-refractivity contribution in [2.75, 3.05) is 67.8 Å². The van der Waals surface area contributed by atoms with Crippen LogP contribution in [0.2, 0.25) is 0 Å². The van der Waals surface area contributed by atoms with Gasteiger partial charge in [0.25, 0.3) is 0 Å². The Kier molecular flexibility index (Phi) is 12.1. The minimum absolute atomic E-state index is 0.305. The lowest BCUT2D eigenvalue weighted by molar-refractivity contribution is 0.201. The first-order valence-electron chi connectivity index (χ1n) is 17.6. The SMILES string of the molecule is COc1ccc(N(Cc2cccnc2-c2cc(OC)c(OC)c(OC)c2)C2CCN(Cc3ccnc(-c4cc(OC)c(OC)c(OC)c4)c3)CC2)cc1. The van der Waals surface area contributed by atoms with E-state index in [0.717, 1.165) is 72.0 Å². The third kappa shape index (κ3) is 8.20. The standard InChI is InChI=1S/C42H48N4O7/c1-47-34-12-10-32(11-13-34)46(27-29-9-8-17-44-40(29)31-24-38(50-4)42(53-7)39(25-31)51-5)33-15-19-45(20-16-33)26-28-14-18-43-35(21-28)30-22-36(48-2)41(52-6)37(23-30)49-3/h8-14,17-18,21-25,33H,15-16,19-20,26-27H2,1-7H3. The van der Waals surface area contributed by atoms with E-state index < -0.39 is 0 Å². The number of ether oxygens (including phenoxy) is 7. The smallest absolute Gasteiger partial charge is 0.203 e. The second kappa shape index (κ2) is 17.2. The molecule has 1 fully saturated rings. The molecular weight excluding hydrogens is 672 g/mol.